The molecular weight excluding hydrogens is 347 g/mol. The van der Waals surface area contributed by atoms with Crippen molar-refractivity contribution in [2.75, 3.05) is 18.0 Å². The summed E-state index contributed by atoms with van der Waals surface area (Å²) in [6, 6.07) is 9.87. The lowest BCUT2D eigenvalue weighted by Crippen LogP contribution is -2.38. The number of hydrogen-bond acceptors (Lipinski definition) is 3. The second kappa shape index (κ2) is 8.16. The average Bonchev–Trinajstić information content (AvgIpc) is 2.63. The van der Waals surface area contributed by atoms with Crippen LogP contribution >= 0.6 is 0 Å². The highest BCUT2D eigenvalue weighted by atomic mass is 19.2. The number of rotatable bonds is 5. The molecule has 5 nitrogen and oxygen atoms in total. The summed E-state index contributed by atoms with van der Waals surface area (Å²) in [6.45, 7) is 1.21. The minimum atomic E-state index is -1.73. The number of carbonyl (C=O) groups excluding carboxylic acids is 2. The number of halogens is 3. The maximum Gasteiger partial charge on any atom is 0.254 e. The van der Waals surface area contributed by atoms with E-state index < -0.39 is 28.9 Å². The minimum absolute atomic E-state index is 0.00502. The van der Waals surface area contributed by atoms with Gasteiger partial charge in [0.15, 0.2) is 17.5 Å². The molecule has 0 saturated heterocycles. The number of carbonyl (C=O) groups is 2. The van der Waals surface area contributed by atoms with Crippen LogP contribution in [0.2, 0.25) is 0 Å². The van der Waals surface area contributed by atoms with Crippen LogP contribution in [0.25, 0.3) is 0 Å². The number of para-hydroxylation sites is 1. The van der Waals surface area contributed by atoms with Crippen LogP contribution in [0, 0.1) is 28.8 Å². The van der Waals surface area contributed by atoms with E-state index >= 15 is 0 Å². The molecular formula is C18H14F3N3O2. The van der Waals surface area contributed by atoms with Gasteiger partial charge in [0, 0.05) is 20.0 Å². The van der Waals surface area contributed by atoms with E-state index in [1.54, 1.807) is 24.3 Å². The Balaban J connectivity index is 2.09. The van der Waals surface area contributed by atoms with E-state index in [1.807, 2.05) is 6.07 Å². The standard InChI is InChI=1S/C18H14F3N3O2/c1-11(25)24(15-5-3-2-4-12(15)10-22)9-8-23-18(26)13-6-7-14(19)17(21)16(13)20/h2-7H,8-9H2,1H3,(H,23,26). The molecule has 0 spiro atoms. The Morgan fingerprint density at radius 3 is 2.46 bits per heavy atom. The topological polar surface area (TPSA) is 73.2 Å². The Morgan fingerprint density at radius 2 is 1.81 bits per heavy atom. The van der Waals surface area contributed by atoms with Crippen molar-refractivity contribution in [2.24, 2.45) is 0 Å². The van der Waals surface area contributed by atoms with Crippen molar-refractivity contribution in [3.05, 3.63) is 65.0 Å². The number of anilines is 1. The molecule has 2 amide bonds. The van der Waals surface area contributed by atoms with Gasteiger partial charge in [-0.3, -0.25) is 9.59 Å². The molecule has 26 heavy (non-hydrogen) atoms. The quantitative estimate of drug-likeness (QED) is 0.833. The lowest BCUT2D eigenvalue weighted by Gasteiger charge is -2.22. The molecule has 0 aromatic heterocycles. The van der Waals surface area contributed by atoms with E-state index in [-0.39, 0.29) is 24.6 Å². The number of benzene rings is 2. The summed E-state index contributed by atoms with van der Waals surface area (Å²) in [4.78, 5) is 25.1. The Hall–Kier alpha value is -3.34. The maximum absolute atomic E-state index is 13.6. The van der Waals surface area contributed by atoms with Crippen LogP contribution in [0.1, 0.15) is 22.8 Å². The molecule has 134 valence electrons. The molecule has 0 aliphatic rings. The third-order valence-corrected chi connectivity index (χ3v) is 3.60. The van der Waals surface area contributed by atoms with Crippen LogP contribution in [0.3, 0.4) is 0 Å². The van der Waals surface area contributed by atoms with Crippen molar-refractivity contribution in [3.8, 4) is 6.07 Å². The van der Waals surface area contributed by atoms with Gasteiger partial charge in [-0.1, -0.05) is 12.1 Å². The number of nitrogens with one attached hydrogen (secondary N) is 1. The molecule has 2 rings (SSSR count). The molecule has 0 saturated carbocycles. The van der Waals surface area contributed by atoms with Crippen LogP contribution in [-0.4, -0.2) is 24.9 Å². The third-order valence-electron chi connectivity index (χ3n) is 3.60. The van der Waals surface area contributed by atoms with E-state index in [2.05, 4.69) is 5.32 Å². The van der Waals surface area contributed by atoms with Crippen molar-refractivity contribution in [2.45, 2.75) is 6.92 Å². The van der Waals surface area contributed by atoms with E-state index in [0.29, 0.717) is 11.8 Å². The maximum atomic E-state index is 13.6. The fourth-order valence-corrected chi connectivity index (χ4v) is 2.33. The van der Waals surface area contributed by atoms with Gasteiger partial charge in [0.05, 0.1) is 16.8 Å². The van der Waals surface area contributed by atoms with Gasteiger partial charge in [0.1, 0.15) is 6.07 Å². The Labute approximate surface area is 147 Å². The molecule has 0 heterocycles. The predicted octanol–water partition coefficient (Wildman–Crippen LogP) is 2.76. The summed E-state index contributed by atoms with van der Waals surface area (Å²) in [5.74, 6) is -6.01. The van der Waals surface area contributed by atoms with Crippen LogP contribution < -0.4 is 10.2 Å². The Morgan fingerprint density at radius 1 is 1.12 bits per heavy atom. The minimum Gasteiger partial charge on any atom is -0.350 e. The molecule has 0 aliphatic carbocycles. The predicted molar refractivity (Wildman–Crippen MR) is 87.8 cm³/mol. The highest BCUT2D eigenvalue weighted by Gasteiger charge is 2.19. The van der Waals surface area contributed by atoms with Gasteiger partial charge in [-0.25, -0.2) is 13.2 Å². The summed E-state index contributed by atoms with van der Waals surface area (Å²) >= 11 is 0. The summed E-state index contributed by atoms with van der Waals surface area (Å²) in [5.41, 5.74) is 0.00660. The monoisotopic (exact) mass is 361 g/mol. The molecule has 0 fully saturated rings. The van der Waals surface area contributed by atoms with Gasteiger partial charge >= 0.3 is 0 Å². The van der Waals surface area contributed by atoms with Gasteiger partial charge in [-0.2, -0.15) is 5.26 Å². The van der Waals surface area contributed by atoms with Crippen LogP contribution in [0.15, 0.2) is 36.4 Å². The zero-order valence-corrected chi connectivity index (χ0v) is 13.7. The SMILES string of the molecule is CC(=O)N(CCNC(=O)c1ccc(F)c(F)c1F)c1ccccc1C#N. The van der Waals surface area contributed by atoms with Crippen LogP contribution in [0.4, 0.5) is 18.9 Å². The highest BCUT2D eigenvalue weighted by molar-refractivity contribution is 5.95. The van der Waals surface area contributed by atoms with Gasteiger partial charge in [-0.05, 0) is 24.3 Å². The van der Waals surface area contributed by atoms with Crippen molar-refractivity contribution in [1.82, 2.24) is 5.32 Å². The smallest absolute Gasteiger partial charge is 0.254 e. The van der Waals surface area contributed by atoms with E-state index in [4.69, 9.17) is 5.26 Å². The number of nitriles is 1. The Bertz CT molecular complexity index is 894. The fraction of sp³-hybridized carbons (Fsp3) is 0.167. The van der Waals surface area contributed by atoms with Crippen molar-refractivity contribution in [1.29, 1.82) is 5.26 Å². The lowest BCUT2D eigenvalue weighted by molar-refractivity contribution is -0.116. The second-order valence-electron chi connectivity index (χ2n) is 5.28. The first-order valence-corrected chi connectivity index (χ1v) is 7.55. The molecule has 0 radical (unpaired) electrons. The van der Waals surface area contributed by atoms with E-state index in [1.165, 1.54) is 11.8 Å². The first-order valence-electron chi connectivity index (χ1n) is 7.55. The van der Waals surface area contributed by atoms with Crippen molar-refractivity contribution >= 4 is 17.5 Å². The zero-order valence-electron chi connectivity index (χ0n) is 13.7. The van der Waals surface area contributed by atoms with Crippen LogP contribution in [0.5, 0.6) is 0 Å². The molecule has 8 heteroatoms. The van der Waals surface area contributed by atoms with Crippen molar-refractivity contribution in [3.63, 3.8) is 0 Å². The van der Waals surface area contributed by atoms with Gasteiger partial charge < -0.3 is 10.2 Å². The highest BCUT2D eigenvalue weighted by Crippen LogP contribution is 2.19. The molecule has 0 bridgehead atoms. The summed E-state index contributed by atoms with van der Waals surface area (Å²) < 4.78 is 39.7. The van der Waals surface area contributed by atoms with E-state index in [9.17, 15) is 22.8 Å². The molecule has 0 atom stereocenters. The number of hydrogen-bond donors (Lipinski definition) is 1. The summed E-state index contributed by atoms with van der Waals surface area (Å²) in [7, 11) is 0. The first kappa shape index (κ1) is 19.0. The molecule has 0 aliphatic heterocycles. The van der Waals surface area contributed by atoms with Gasteiger partial charge in [0.25, 0.3) is 5.91 Å². The number of nitrogens with zero attached hydrogens (tertiary/aromatic N) is 2. The zero-order chi connectivity index (χ0) is 19.3. The van der Waals surface area contributed by atoms with Crippen molar-refractivity contribution < 1.29 is 22.8 Å². The lowest BCUT2D eigenvalue weighted by atomic mass is 10.1. The second-order valence-corrected chi connectivity index (χ2v) is 5.28. The third kappa shape index (κ3) is 4.00. The fourth-order valence-electron chi connectivity index (χ4n) is 2.33. The molecule has 2 aromatic carbocycles. The largest absolute Gasteiger partial charge is 0.350 e. The average molecular weight is 361 g/mol. The first-order chi connectivity index (χ1) is 12.4. The Kier molecular flexibility index (Phi) is 5.96. The van der Waals surface area contributed by atoms with Gasteiger partial charge in [-0.15, -0.1) is 0 Å². The molecule has 0 unspecified atom stereocenters. The normalized spacial score (nSPS) is 10.1. The molecule has 2 aromatic rings. The number of amides is 2. The molecule has 1 N–H and O–H groups in total. The summed E-state index contributed by atoms with van der Waals surface area (Å²) in [5, 5.41) is 11.5. The van der Waals surface area contributed by atoms with Gasteiger partial charge in [0.2, 0.25) is 5.91 Å². The van der Waals surface area contributed by atoms with E-state index in [0.717, 1.165) is 6.07 Å². The van der Waals surface area contributed by atoms with Crippen LogP contribution in [-0.2, 0) is 4.79 Å². The summed E-state index contributed by atoms with van der Waals surface area (Å²) in [6.07, 6.45) is 0.